The van der Waals surface area contributed by atoms with Gasteiger partial charge in [-0.1, -0.05) is 0 Å². The maximum atomic E-state index is 5.79. The molecule has 0 aromatic heterocycles. The van der Waals surface area contributed by atoms with Gasteiger partial charge in [0.2, 0.25) is 0 Å². The van der Waals surface area contributed by atoms with Crippen LogP contribution >= 0.6 is 0 Å². The number of methoxy groups -OCH3 is 1. The Hall–Kier alpha value is -1.26. The third-order valence-electron chi connectivity index (χ3n) is 3.50. The van der Waals surface area contributed by atoms with Crippen LogP contribution < -0.4 is 14.8 Å². The van der Waals surface area contributed by atoms with Crippen molar-refractivity contribution in [2.75, 3.05) is 26.8 Å². The molecule has 4 nitrogen and oxygen atoms in total. The van der Waals surface area contributed by atoms with Crippen LogP contribution in [0.15, 0.2) is 12.1 Å². The summed E-state index contributed by atoms with van der Waals surface area (Å²) in [6.07, 6.45) is 1.29. The fraction of sp³-hybridized carbons (Fsp3) is 0.571. The number of hydrogen-bond donors (Lipinski definition) is 1. The molecule has 2 aliphatic heterocycles. The van der Waals surface area contributed by atoms with Gasteiger partial charge in [0.15, 0.2) is 11.5 Å². The van der Waals surface area contributed by atoms with Gasteiger partial charge in [0.25, 0.3) is 0 Å². The van der Waals surface area contributed by atoms with Crippen LogP contribution in [0.4, 0.5) is 0 Å². The first-order valence-electron chi connectivity index (χ1n) is 6.47. The molecule has 0 radical (unpaired) electrons. The Morgan fingerprint density at radius 2 is 2.28 bits per heavy atom. The lowest BCUT2D eigenvalue weighted by molar-refractivity contribution is 0.0275. The van der Waals surface area contributed by atoms with Crippen molar-refractivity contribution in [2.24, 2.45) is 0 Å². The second-order valence-electron chi connectivity index (χ2n) is 4.91. The van der Waals surface area contributed by atoms with Crippen LogP contribution in [0, 0.1) is 0 Å². The van der Waals surface area contributed by atoms with Gasteiger partial charge in [-0.2, -0.15) is 0 Å². The molecule has 1 aromatic rings. The van der Waals surface area contributed by atoms with Gasteiger partial charge in [0.05, 0.1) is 19.8 Å². The third-order valence-corrected chi connectivity index (χ3v) is 3.50. The summed E-state index contributed by atoms with van der Waals surface area (Å²) in [6, 6.07) is 4.23. The minimum atomic E-state index is 0.119. The molecule has 1 saturated heterocycles. The van der Waals surface area contributed by atoms with Crippen molar-refractivity contribution in [1.82, 2.24) is 5.32 Å². The second-order valence-corrected chi connectivity index (χ2v) is 4.91. The number of benzene rings is 1. The molecule has 4 heteroatoms. The van der Waals surface area contributed by atoms with Gasteiger partial charge < -0.3 is 19.5 Å². The molecule has 2 unspecified atom stereocenters. The van der Waals surface area contributed by atoms with Crippen molar-refractivity contribution >= 4 is 0 Å². The van der Waals surface area contributed by atoms with Crippen LogP contribution in [0.25, 0.3) is 0 Å². The Kier molecular flexibility index (Phi) is 3.14. The predicted molar refractivity (Wildman–Crippen MR) is 68.4 cm³/mol. The first kappa shape index (κ1) is 11.8. The predicted octanol–water partition coefficient (Wildman–Crippen LogP) is 1.68. The molecular formula is C14H19NO3. The molecule has 0 bridgehead atoms. The number of nitrogens with one attached hydrogen (secondary N) is 1. The summed E-state index contributed by atoms with van der Waals surface area (Å²) in [5.41, 5.74) is 2.40. The van der Waals surface area contributed by atoms with E-state index in [4.69, 9.17) is 14.2 Å². The van der Waals surface area contributed by atoms with Gasteiger partial charge in [0.1, 0.15) is 6.10 Å². The highest BCUT2D eigenvalue weighted by atomic mass is 16.5. The number of ether oxygens (including phenoxy) is 3. The van der Waals surface area contributed by atoms with E-state index in [1.165, 1.54) is 11.1 Å². The van der Waals surface area contributed by atoms with Gasteiger partial charge in [-0.3, -0.25) is 0 Å². The lowest BCUT2D eigenvalue weighted by Crippen LogP contribution is -2.33. The highest BCUT2D eigenvalue weighted by molar-refractivity contribution is 5.52. The van der Waals surface area contributed by atoms with Gasteiger partial charge >= 0.3 is 0 Å². The second kappa shape index (κ2) is 4.78. The van der Waals surface area contributed by atoms with Crippen LogP contribution in [0.3, 0.4) is 0 Å². The highest BCUT2D eigenvalue weighted by Crippen LogP contribution is 2.40. The monoisotopic (exact) mass is 249 g/mol. The fourth-order valence-electron chi connectivity index (χ4n) is 2.64. The summed E-state index contributed by atoms with van der Waals surface area (Å²) >= 11 is 0. The average molecular weight is 249 g/mol. The normalized spacial score (nSPS) is 26.6. The Morgan fingerprint density at radius 1 is 1.39 bits per heavy atom. The Labute approximate surface area is 107 Å². The summed E-state index contributed by atoms with van der Waals surface area (Å²) in [7, 11) is 1.69. The molecule has 18 heavy (non-hydrogen) atoms. The number of rotatable bonds is 2. The Balaban J connectivity index is 1.94. The maximum Gasteiger partial charge on any atom is 0.164 e. The summed E-state index contributed by atoms with van der Waals surface area (Å²) in [4.78, 5) is 0. The van der Waals surface area contributed by atoms with E-state index in [2.05, 4.69) is 18.3 Å². The van der Waals surface area contributed by atoms with Crippen molar-refractivity contribution in [2.45, 2.75) is 25.6 Å². The van der Waals surface area contributed by atoms with Crippen molar-refractivity contribution < 1.29 is 14.2 Å². The molecule has 0 aliphatic carbocycles. The van der Waals surface area contributed by atoms with Crippen LogP contribution in [-0.2, 0) is 11.2 Å². The molecule has 0 spiro atoms. The zero-order valence-corrected chi connectivity index (χ0v) is 10.9. The Morgan fingerprint density at radius 3 is 3.00 bits per heavy atom. The number of fused-ring (bicyclic) bond motifs is 1. The smallest absolute Gasteiger partial charge is 0.164 e. The van der Waals surface area contributed by atoms with Crippen molar-refractivity contribution in [3.8, 4) is 11.5 Å². The molecule has 0 amide bonds. The summed E-state index contributed by atoms with van der Waals surface area (Å²) in [5, 5.41) is 3.35. The van der Waals surface area contributed by atoms with E-state index in [-0.39, 0.29) is 12.2 Å². The SMILES string of the molecule is COc1cc(C2CNCCO2)cc2c1OC(C)C2. The van der Waals surface area contributed by atoms with Gasteiger partial charge in [-0.05, 0) is 24.6 Å². The molecule has 98 valence electrons. The molecule has 0 saturated carbocycles. The quantitative estimate of drug-likeness (QED) is 0.865. The molecule has 2 heterocycles. The van der Waals surface area contributed by atoms with Crippen LogP contribution in [0.1, 0.15) is 24.2 Å². The zero-order chi connectivity index (χ0) is 12.5. The minimum Gasteiger partial charge on any atom is -0.493 e. The topological polar surface area (TPSA) is 39.7 Å². The highest BCUT2D eigenvalue weighted by Gasteiger charge is 2.26. The molecule has 2 atom stereocenters. The molecule has 2 aliphatic rings. The zero-order valence-electron chi connectivity index (χ0n) is 10.9. The first-order chi connectivity index (χ1) is 8.78. The lowest BCUT2D eigenvalue weighted by Gasteiger charge is -2.24. The molecular weight excluding hydrogens is 230 g/mol. The summed E-state index contributed by atoms with van der Waals surface area (Å²) in [6.45, 7) is 4.63. The van der Waals surface area contributed by atoms with E-state index in [0.29, 0.717) is 0 Å². The molecule has 3 rings (SSSR count). The van der Waals surface area contributed by atoms with Crippen molar-refractivity contribution in [3.05, 3.63) is 23.3 Å². The first-order valence-corrected chi connectivity index (χ1v) is 6.47. The third kappa shape index (κ3) is 2.06. The maximum absolute atomic E-state index is 5.79. The van der Waals surface area contributed by atoms with Crippen molar-refractivity contribution in [1.29, 1.82) is 0 Å². The van der Waals surface area contributed by atoms with Crippen LogP contribution in [0.5, 0.6) is 11.5 Å². The molecule has 1 fully saturated rings. The van der Waals surface area contributed by atoms with E-state index in [1.807, 2.05) is 6.07 Å². The Bertz CT molecular complexity index is 441. The van der Waals surface area contributed by atoms with E-state index in [0.717, 1.165) is 37.6 Å². The van der Waals surface area contributed by atoms with Crippen LogP contribution in [0.2, 0.25) is 0 Å². The fourth-order valence-corrected chi connectivity index (χ4v) is 2.64. The molecule has 1 aromatic carbocycles. The minimum absolute atomic E-state index is 0.119. The van der Waals surface area contributed by atoms with Gasteiger partial charge in [-0.15, -0.1) is 0 Å². The van der Waals surface area contributed by atoms with Crippen LogP contribution in [-0.4, -0.2) is 32.9 Å². The van der Waals surface area contributed by atoms with Crippen molar-refractivity contribution in [3.63, 3.8) is 0 Å². The van der Waals surface area contributed by atoms with Gasteiger partial charge in [0, 0.05) is 25.1 Å². The average Bonchev–Trinajstić information content (AvgIpc) is 2.78. The van der Waals surface area contributed by atoms with E-state index < -0.39 is 0 Å². The summed E-state index contributed by atoms with van der Waals surface area (Å²) in [5.74, 6) is 1.72. The summed E-state index contributed by atoms with van der Waals surface area (Å²) < 4.78 is 17.0. The molecule has 1 N–H and O–H groups in total. The van der Waals surface area contributed by atoms with Gasteiger partial charge in [-0.25, -0.2) is 0 Å². The van der Waals surface area contributed by atoms with E-state index >= 15 is 0 Å². The van der Waals surface area contributed by atoms with E-state index in [1.54, 1.807) is 7.11 Å². The van der Waals surface area contributed by atoms with E-state index in [9.17, 15) is 0 Å². The lowest BCUT2D eigenvalue weighted by atomic mass is 10.0. The largest absolute Gasteiger partial charge is 0.493 e. The standard InChI is InChI=1S/C14H19NO3/c1-9-5-11-6-10(13-8-15-3-4-17-13)7-12(16-2)14(11)18-9/h6-7,9,13,15H,3-5,8H2,1-2H3. The number of morpholine rings is 1. The number of hydrogen-bond acceptors (Lipinski definition) is 4.